The Bertz CT molecular complexity index is 912. The first-order chi connectivity index (χ1) is 9.81. The molecule has 0 saturated carbocycles. The molecule has 94 valence electrons. The van der Waals surface area contributed by atoms with Crippen molar-refractivity contribution < 1.29 is 4.74 Å². The van der Waals surface area contributed by atoms with Crippen molar-refractivity contribution in [3.05, 3.63) is 59.7 Å². The van der Waals surface area contributed by atoms with Crippen LogP contribution in [0.4, 0.5) is 5.69 Å². The third-order valence-electron chi connectivity index (χ3n) is 4.06. The number of benzene rings is 3. The van der Waals surface area contributed by atoms with Gasteiger partial charge in [0.15, 0.2) is 0 Å². The minimum absolute atomic E-state index is 0.682. The lowest BCUT2D eigenvalue weighted by atomic mass is 10.1. The molecule has 0 unspecified atom stereocenters. The van der Waals surface area contributed by atoms with Crippen molar-refractivity contribution in [2.75, 3.05) is 0 Å². The predicted molar refractivity (Wildman–Crippen MR) is 80.9 cm³/mol. The Balaban J connectivity index is 1.73. The topological polar surface area (TPSA) is 21.6 Å². The normalized spacial score (nSPS) is 13.9. The van der Waals surface area contributed by atoms with Crippen molar-refractivity contribution in [3.63, 3.8) is 0 Å². The van der Waals surface area contributed by atoms with Crippen LogP contribution >= 0.6 is 0 Å². The third kappa shape index (κ3) is 1.21. The fourth-order valence-electron chi connectivity index (χ4n) is 2.93. The Hall–Kier alpha value is -2.61. The molecule has 1 aliphatic carbocycles. The maximum atomic E-state index is 6.01. The first-order valence-electron chi connectivity index (χ1n) is 6.75. The van der Waals surface area contributed by atoms with Crippen molar-refractivity contribution in [3.8, 4) is 16.9 Å². The smallest absolute Gasteiger partial charge is 0.227 e. The molecular formula is C18H11NO. The third-order valence-corrected chi connectivity index (χ3v) is 4.06. The second-order valence-electron chi connectivity index (χ2n) is 5.38. The first kappa shape index (κ1) is 10.2. The number of fused-ring (bicyclic) bond motifs is 1. The van der Waals surface area contributed by atoms with E-state index in [1.54, 1.807) is 0 Å². The molecule has 0 amide bonds. The maximum absolute atomic E-state index is 6.01. The zero-order valence-corrected chi connectivity index (χ0v) is 11.0. The van der Waals surface area contributed by atoms with Crippen molar-refractivity contribution in [2.45, 2.75) is 6.92 Å². The quantitative estimate of drug-likeness (QED) is 0.488. The van der Waals surface area contributed by atoms with Crippen LogP contribution < -0.4 is 4.74 Å². The number of rotatable bonds is 1. The second kappa shape index (κ2) is 3.28. The lowest BCUT2D eigenvalue weighted by Gasteiger charge is -2.16. The van der Waals surface area contributed by atoms with Gasteiger partial charge >= 0.3 is 0 Å². The maximum Gasteiger partial charge on any atom is 0.227 e. The number of nitrogens with zero attached hydrogens (tertiary/aromatic N) is 1. The van der Waals surface area contributed by atoms with Crippen molar-refractivity contribution in [2.24, 2.45) is 4.99 Å². The van der Waals surface area contributed by atoms with Crippen LogP contribution in [-0.2, 0) is 0 Å². The van der Waals surface area contributed by atoms with Crippen LogP contribution in [0.5, 0.6) is 5.75 Å². The van der Waals surface area contributed by atoms with Crippen molar-refractivity contribution in [1.82, 2.24) is 0 Å². The van der Waals surface area contributed by atoms with E-state index in [2.05, 4.69) is 60.4 Å². The molecule has 3 aromatic rings. The molecule has 3 aromatic carbocycles. The van der Waals surface area contributed by atoms with Crippen LogP contribution in [0, 0.1) is 6.92 Å². The molecule has 2 aliphatic rings. The highest BCUT2D eigenvalue weighted by Crippen LogP contribution is 2.54. The van der Waals surface area contributed by atoms with Gasteiger partial charge in [0.1, 0.15) is 5.75 Å². The monoisotopic (exact) mass is 257 g/mol. The average Bonchev–Trinajstić information content (AvgIpc) is 3.20. The number of hydrogen-bond donors (Lipinski definition) is 0. The molecule has 5 rings (SSSR count). The van der Waals surface area contributed by atoms with Gasteiger partial charge < -0.3 is 4.74 Å². The van der Waals surface area contributed by atoms with Crippen LogP contribution in [-0.4, -0.2) is 5.90 Å². The summed E-state index contributed by atoms with van der Waals surface area (Å²) in [5.41, 5.74) is 5.95. The lowest BCUT2D eigenvalue weighted by Crippen LogP contribution is -2.12. The van der Waals surface area contributed by atoms with E-state index in [-0.39, 0.29) is 0 Å². The van der Waals surface area contributed by atoms with Gasteiger partial charge in [-0.25, -0.2) is 4.99 Å². The van der Waals surface area contributed by atoms with Crippen molar-refractivity contribution >= 4 is 22.4 Å². The summed E-state index contributed by atoms with van der Waals surface area (Å²) in [6, 6.07) is 16.7. The molecule has 2 nitrogen and oxygen atoms in total. The highest BCUT2D eigenvalue weighted by atomic mass is 16.5. The Kier molecular flexibility index (Phi) is 1.68. The molecule has 0 aromatic heterocycles. The SMILES string of the molecule is Cc1ccc(C2=Nc3ccc4c5c-4ccc(c35)O2)cc1. The number of aliphatic imine (C=N–C) groups is 1. The molecule has 20 heavy (non-hydrogen) atoms. The van der Waals surface area contributed by atoms with E-state index in [4.69, 9.17) is 4.74 Å². The molecule has 0 N–H and O–H groups in total. The van der Waals surface area contributed by atoms with Gasteiger partial charge in [-0.15, -0.1) is 0 Å². The summed E-state index contributed by atoms with van der Waals surface area (Å²) in [6.07, 6.45) is 0. The van der Waals surface area contributed by atoms with Gasteiger partial charge in [-0.3, -0.25) is 0 Å². The molecule has 1 aliphatic heterocycles. The predicted octanol–water partition coefficient (Wildman–Crippen LogP) is 4.60. The van der Waals surface area contributed by atoms with Gasteiger partial charge in [0.25, 0.3) is 0 Å². The summed E-state index contributed by atoms with van der Waals surface area (Å²) in [7, 11) is 0. The van der Waals surface area contributed by atoms with E-state index in [1.165, 1.54) is 22.1 Å². The van der Waals surface area contributed by atoms with Crippen LogP contribution in [0.1, 0.15) is 11.1 Å². The Morgan fingerprint density at radius 1 is 0.800 bits per heavy atom. The van der Waals surface area contributed by atoms with Gasteiger partial charge in [0, 0.05) is 10.9 Å². The summed E-state index contributed by atoms with van der Waals surface area (Å²) in [6.45, 7) is 2.08. The molecule has 0 saturated heterocycles. The first-order valence-corrected chi connectivity index (χ1v) is 6.75. The van der Waals surface area contributed by atoms with E-state index >= 15 is 0 Å². The van der Waals surface area contributed by atoms with E-state index in [1.807, 2.05) is 0 Å². The minimum Gasteiger partial charge on any atom is -0.438 e. The zero-order chi connectivity index (χ0) is 13.3. The summed E-state index contributed by atoms with van der Waals surface area (Å²) >= 11 is 0. The average molecular weight is 257 g/mol. The fourth-order valence-corrected chi connectivity index (χ4v) is 2.93. The largest absolute Gasteiger partial charge is 0.438 e. The molecule has 0 bridgehead atoms. The zero-order valence-electron chi connectivity index (χ0n) is 11.0. The standard InChI is InChI=1S/C18H11NO/c1-10-2-4-11(5-3-10)18-19-14-8-6-12-13-7-9-15(20-18)17(14)16(12)13/h2-9H,1H3. The molecular weight excluding hydrogens is 246 g/mol. The van der Waals surface area contributed by atoms with Gasteiger partial charge in [-0.1, -0.05) is 23.8 Å². The van der Waals surface area contributed by atoms with E-state index < -0.39 is 0 Å². The highest BCUT2D eigenvalue weighted by molar-refractivity contribution is 6.26. The molecule has 0 spiro atoms. The van der Waals surface area contributed by atoms with E-state index in [0.29, 0.717) is 5.90 Å². The second-order valence-corrected chi connectivity index (χ2v) is 5.38. The fraction of sp³-hybridized carbons (Fsp3) is 0.0556. The molecule has 0 fully saturated rings. The minimum atomic E-state index is 0.682. The van der Waals surface area contributed by atoms with Crippen molar-refractivity contribution in [1.29, 1.82) is 0 Å². The summed E-state index contributed by atoms with van der Waals surface area (Å²) in [4.78, 5) is 4.68. The number of aryl methyl sites for hydroxylation is 1. The van der Waals surface area contributed by atoms with Gasteiger partial charge in [0.2, 0.25) is 5.90 Å². The summed E-state index contributed by atoms with van der Waals surface area (Å²) < 4.78 is 6.01. The molecule has 0 atom stereocenters. The summed E-state index contributed by atoms with van der Waals surface area (Å²) in [5, 5.41) is 2.49. The summed E-state index contributed by atoms with van der Waals surface area (Å²) in [5.74, 6) is 1.60. The molecule has 2 heteroatoms. The van der Waals surface area contributed by atoms with E-state index in [0.717, 1.165) is 22.4 Å². The van der Waals surface area contributed by atoms with E-state index in [9.17, 15) is 0 Å². The Labute approximate surface area is 116 Å². The Morgan fingerprint density at radius 2 is 1.55 bits per heavy atom. The molecule has 0 radical (unpaired) electrons. The van der Waals surface area contributed by atoms with Crippen LogP contribution in [0.15, 0.2) is 53.5 Å². The number of ether oxygens (including phenoxy) is 1. The van der Waals surface area contributed by atoms with Crippen LogP contribution in [0.3, 0.4) is 0 Å². The van der Waals surface area contributed by atoms with Gasteiger partial charge in [-0.05, 0) is 48.4 Å². The van der Waals surface area contributed by atoms with Crippen LogP contribution in [0.2, 0.25) is 0 Å². The lowest BCUT2D eigenvalue weighted by molar-refractivity contribution is 0.555. The highest BCUT2D eigenvalue weighted by Gasteiger charge is 2.28. The molecule has 1 heterocycles. The van der Waals surface area contributed by atoms with Crippen LogP contribution in [0.25, 0.3) is 21.9 Å². The van der Waals surface area contributed by atoms with Gasteiger partial charge in [0.05, 0.1) is 11.1 Å². The Morgan fingerprint density at radius 3 is 2.35 bits per heavy atom. The van der Waals surface area contributed by atoms with Gasteiger partial charge in [-0.2, -0.15) is 0 Å². The number of hydrogen-bond acceptors (Lipinski definition) is 2.